The average molecular weight is 395 g/mol. The molecule has 1 amide bonds. The number of halogens is 1. The molecule has 1 aromatic heterocycles. The molecular weight excluding hydrogens is 372 g/mol. The summed E-state index contributed by atoms with van der Waals surface area (Å²) in [7, 11) is 0. The lowest BCUT2D eigenvalue weighted by molar-refractivity contribution is -0.124. The Morgan fingerprint density at radius 1 is 1.07 bits per heavy atom. The van der Waals surface area contributed by atoms with Crippen LogP contribution in [-0.4, -0.2) is 17.0 Å². The van der Waals surface area contributed by atoms with Crippen molar-refractivity contribution < 1.29 is 9.53 Å². The first-order valence-corrected chi connectivity index (χ1v) is 9.54. The summed E-state index contributed by atoms with van der Waals surface area (Å²) < 4.78 is 6.01. The Morgan fingerprint density at radius 3 is 2.54 bits per heavy atom. The molecule has 0 bridgehead atoms. The number of carbonyl (C=O) groups excluding carboxylic acids is 1. The van der Waals surface area contributed by atoms with Crippen LogP contribution >= 0.6 is 11.6 Å². The Morgan fingerprint density at radius 2 is 1.82 bits per heavy atom. The fourth-order valence-electron chi connectivity index (χ4n) is 2.89. The van der Waals surface area contributed by atoms with E-state index in [0.29, 0.717) is 23.1 Å². The lowest BCUT2D eigenvalue weighted by atomic mass is 10.1. The van der Waals surface area contributed by atoms with Crippen molar-refractivity contribution in [1.82, 2.24) is 4.98 Å². The second-order valence-electron chi connectivity index (χ2n) is 6.66. The summed E-state index contributed by atoms with van der Waals surface area (Å²) in [6, 6.07) is 18.8. The zero-order valence-corrected chi connectivity index (χ0v) is 17.0. The van der Waals surface area contributed by atoms with Gasteiger partial charge in [0.15, 0.2) is 6.10 Å². The summed E-state index contributed by atoms with van der Waals surface area (Å²) in [5.74, 6) is 1.09. The quantitative estimate of drug-likeness (QED) is 0.565. The van der Waals surface area contributed by atoms with Crippen LogP contribution in [0.2, 0.25) is 5.02 Å². The molecule has 0 fully saturated rings. The van der Waals surface area contributed by atoms with Crippen molar-refractivity contribution in [3.05, 3.63) is 88.6 Å². The molecule has 1 atom stereocenters. The minimum atomic E-state index is -0.676. The number of rotatable bonds is 6. The number of aromatic nitrogens is 1. The van der Waals surface area contributed by atoms with Gasteiger partial charge in [-0.3, -0.25) is 9.69 Å². The molecule has 3 rings (SSSR count). The van der Waals surface area contributed by atoms with Crippen LogP contribution in [0.4, 0.5) is 5.82 Å². The molecule has 0 radical (unpaired) electrons. The third-order valence-electron chi connectivity index (χ3n) is 4.68. The molecule has 2 aromatic carbocycles. The number of aryl methyl sites for hydroxylation is 1. The zero-order chi connectivity index (χ0) is 20.1. The maximum absolute atomic E-state index is 13.3. The van der Waals surface area contributed by atoms with Crippen LogP contribution in [0.25, 0.3) is 0 Å². The summed E-state index contributed by atoms with van der Waals surface area (Å²) in [6.07, 6.45) is 0.989. The Balaban J connectivity index is 1.88. The number of anilines is 1. The summed E-state index contributed by atoms with van der Waals surface area (Å²) in [5.41, 5.74) is 2.99. The highest BCUT2D eigenvalue weighted by atomic mass is 35.5. The first-order chi connectivity index (χ1) is 13.5. The fraction of sp³-hybridized carbons (Fsp3) is 0.217. The molecule has 1 heterocycles. The highest BCUT2D eigenvalue weighted by Crippen LogP contribution is 2.24. The van der Waals surface area contributed by atoms with Gasteiger partial charge in [-0.2, -0.15) is 0 Å². The third-order valence-corrected chi connectivity index (χ3v) is 5.05. The van der Waals surface area contributed by atoms with Crippen molar-refractivity contribution in [2.24, 2.45) is 0 Å². The van der Waals surface area contributed by atoms with E-state index < -0.39 is 6.10 Å². The SMILES string of the molecule is Cc1cccc(O[C@H](C)C(=O)N(Cc2ccccc2Cl)c2ccccn2)c1C. The van der Waals surface area contributed by atoms with E-state index in [1.165, 1.54) is 0 Å². The molecule has 0 saturated carbocycles. The topological polar surface area (TPSA) is 42.4 Å². The Labute approximate surface area is 170 Å². The van der Waals surface area contributed by atoms with Crippen LogP contribution in [0.15, 0.2) is 66.9 Å². The van der Waals surface area contributed by atoms with E-state index in [4.69, 9.17) is 16.3 Å². The molecule has 0 aliphatic rings. The number of hydrogen-bond acceptors (Lipinski definition) is 3. The van der Waals surface area contributed by atoms with Crippen molar-refractivity contribution in [1.29, 1.82) is 0 Å². The minimum absolute atomic E-state index is 0.181. The number of pyridine rings is 1. The van der Waals surface area contributed by atoms with Crippen LogP contribution in [0.3, 0.4) is 0 Å². The molecule has 0 saturated heterocycles. The van der Waals surface area contributed by atoms with Gasteiger partial charge in [-0.1, -0.05) is 48.0 Å². The number of carbonyl (C=O) groups is 1. The maximum Gasteiger partial charge on any atom is 0.269 e. The Kier molecular flexibility index (Phi) is 6.32. The third kappa shape index (κ3) is 4.52. The Bertz CT molecular complexity index is 960. The van der Waals surface area contributed by atoms with Crippen molar-refractivity contribution in [2.45, 2.75) is 33.4 Å². The van der Waals surface area contributed by atoms with Gasteiger partial charge in [-0.15, -0.1) is 0 Å². The molecule has 3 aromatic rings. The average Bonchev–Trinajstić information content (AvgIpc) is 2.71. The van der Waals surface area contributed by atoms with E-state index in [2.05, 4.69) is 4.98 Å². The molecular formula is C23H23ClN2O2. The van der Waals surface area contributed by atoms with Crippen LogP contribution < -0.4 is 9.64 Å². The number of amides is 1. The second kappa shape index (κ2) is 8.89. The van der Waals surface area contributed by atoms with Gasteiger partial charge in [0, 0.05) is 11.2 Å². The maximum atomic E-state index is 13.3. The molecule has 0 unspecified atom stereocenters. The van der Waals surface area contributed by atoms with Gasteiger partial charge in [-0.05, 0) is 61.7 Å². The zero-order valence-electron chi connectivity index (χ0n) is 16.2. The second-order valence-corrected chi connectivity index (χ2v) is 7.07. The van der Waals surface area contributed by atoms with Crippen LogP contribution in [-0.2, 0) is 11.3 Å². The summed E-state index contributed by atoms with van der Waals surface area (Å²) in [5, 5.41) is 0.610. The van der Waals surface area contributed by atoms with E-state index in [1.54, 1.807) is 24.1 Å². The molecule has 5 heteroatoms. The lowest BCUT2D eigenvalue weighted by Gasteiger charge is -2.26. The normalized spacial score (nSPS) is 11.7. The van der Waals surface area contributed by atoms with Crippen LogP contribution in [0, 0.1) is 13.8 Å². The highest BCUT2D eigenvalue weighted by Gasteiger charge is 2.25. The standard InChI is InChI=1S/C23H23ClN2O2/c1-16-9-8-12-21(17(16)2)28-18(3)23(27)26(22-13-6-7-14-25-22)15-19-10-4-5-11-20(19)24/h4-14,18H,15H2,1-3H3/t18-/m1/s1. The van der Waals surface area contributed by atoms with Gasteiger partial charge in [0.2, 0.25) is 0 Å². The largest absolute Gasteiger partial charge is 0.481 e. The molecule has 4 nitrogen and oxygen atoms in total. The molecule has 28 heavy (non-hydrogen) atoms. The van der Waals surface area contributed by atoms with Gasteiger partial charge in [0.1, 0.15) is 11.6 Å². The van der Waals surface area contributed by atoms with Crippen LogP contribution in [0.1, 0.15) is 23.6 Å². The lowest BCUT2D eigenvalue weighted by Crippen LogP contribution is -2.40. The van der Waals surface area contributed by atoms with Gasteiger partial charge in [0.25, 0.3) is 5.91 Å². The predicted octanol–water partition coefficient (Wildman–Crippen LogP) is 5.35. The van der Waals surface area contributed by atoms with E-state index in [-0.39, 0.29) is 5.91 Å². The van der Waals surface area contributed by atoms with Gasteiger partial charge < -0.3 is 4.74 Å². The Hall–Kier alpha value is -2.85. The first-order valence-electron chi connectivity index (χ1n) is 9.16. The van der Waals surface area contributed by atoms with Crippen molar-refractivity contribution >= 4 is 23.3 Å². The predicted molar refractivity (Wildman–Crippen MR) is 113 cm³/mol. The van der Waals surface area contributed by atoms with Gasteiger partial charge >= 0.3 is 0 Å². The number of benzene rings is 2. The first kappa shape index (κ1) is 19.9. The summed E-state index contributed by atoms with van der Waals surface area (Å²) >= 11 is 6.32. The van der Waals surface area contributed by atoms with E-state index in [0.717, 1.165) is 16.7 Å². The van der Waals surface area contributed by atoms with Crippen molar-refractivity contribution in [3.8, 4) is 5.75 Å². The van der Waals surface area contributed by atoms with E-state index in [1.807, 2.05) is 68.4 Å². The van der Waals surface area contributed by atoms with Crippen LogP contribution in [0.5, 0.6) is 5.75 Å². The highest BCUT2D eigenvalue weighted by molar-refractivity contribution is 6.31. The number of nitrogens with zero attached hydrogens (tertiary/aromatic N) is 2. The minimum Gasteiger partial charge on any atom is -0.481 e. The van der Waals surface area contributed by atoms with E-state index in [9.17, 15) is 4.79 Å². The number of hydrogen-bond donors (Lipinski definition) is 0. The molecule has 0 N–H and O–H groups in total. The van der Waals surface area contributed by atoms with Gasteiger partial charge in [-0.25, -0.2) is 4.98 Å². The summed E-state index contributed by atoms with van der Waals surface area (Å²) in [6.45, 7) is 6.08. The molecule has 0 aliphatic carbocycles. The smallest absolute Gasteiger partial charge is 0.269 e. The monoisotopic (exact) mass is 394 g/mol. The molecule has 0 spiro atoms. The van der Waals surface area contributed by atoms with Crippen molar-refractivity contribution in [2.75, 3.05) is 4.90 Å². The number of ether oxygens (including phenoxy) is 1. The molecule has 0 aliphatic heterocycles. The molecule has 144 valence electrons. The van der Waals surface area contributed by atoms with E-state index >= 15 is 0 Å². The summed E-state index contributed by atoms with van der Waals surface area (Å²) in [4.78, 5) is 19.2. The van der Waals surface area contributed by atoms with Crippen molar-refractivity contribution in [3.63, 3.8) is 0 Å². The van der Waals surface area contributed by atoms with Gasteiger partial charge in [0.05, 0.1) is 6.54 Å². The fourth-order valence-corrected chi connectivity index (χ4v) is 3.09.